The van der Waals surface area contributed by atoms with E-state index >= 15 is 0 Å². The van der Waals surface area contributed by atoms with E-state index in [-0.39, 0.29) is 17.6 Å². The first-order chi connectivity index (χ1) is 11.7. The van der Waals surface area contributed by atoms with Gasteiger partial charge in [-0.1, -0.05) is 18.2 Å². The Morgan fingerprint density at radius 1 is 1.12 bits per heavy atom. The van der Waals surface area contributed by atoms with E-state index in [0.29, 0.717) is 16.7 Å². The Morgan fingerprint density at radius 2 is 1.76 bits per heavy atom. The summed E-state index contributed by atoms with van der Waals surface area (Å²) in [5, 5.41) is 2.72. The first kappa shape index (κ1) is 17.2. The van der Waals surface area contributed by atoms with Gasteiger partial charge in [0, 0.05) is 11.9 Å². The molecule has 0 aliphatic heterocycles. The number of anilines is 1. The smallest absolute Gasteiger partial charge is 0.244 e. The molecule has 1 heterocycles. The van der Waals surface area contributed by atoms with Crippen molar-refractivity contribution < 1.29 is 13.2 Å². The van der Waals surface area contributed by atoms with Crippen molar-refractivity contribution >= 4 is 32.5 Å². The zero-order valence-electron chi connectivity index (χ0n) is 14.3. The number of rotatable bonds is 4. The van der Waals surface area contributed by atoms with Crippen LogP contribution in [0.3, 0.4) is 0 Å². The molecule has 1 N–H and O–H groups in total. The quantitative estimate of drug-likeness (QED) is 0.778. The summed E-state index contributed by atoms with van der Waals surface area (Å²) in [5.74, 6) is -0.307. The Labute approximate surface area is 146 Å². The molecule has 0 saturated carbocycles. The third-order valence-electron chi connectivity index (χ3n) is 3.76. The zero-order chi connectivity index (χ0) is 18.2. The Hall–Kier alpha value is -2.67. The summed E-state index contributed by atoms with van der Waals surface area (Å²) in [7, 11) is -3.56. The van der Waals surface area contributed by atoms with Gasteiger partial charge in [0.2, 0.25) is 20.9 Å². The van der Waals surface area contributed by atoms with E-state index in [4.69, 9.17) is 0 Å². The number of benzene rings is 2. The summed E-state index contributed by atoms with van der Waals surface area (Å²) in [6, 6.07) is 12.8. The lowest BCUT2D eigenvalue weighted by Gasteiger charge is -2.10. The van der Waals surface area contributed by atoms with Gasteiger partial charge in [-0.3, -0.25) is 4.79 Å². The van der Waals surface area contributed by atoms with Gasteiger partial charge in [-0.05, 0) is 49.2 Å². The molecule has 0 bridgehead atoms. The number of imidazole rings is 1. The van der Waals surface area contributed by atoms with Gasteiger partial charge >= 0.3 is 0 Å². The molecule has 0 unspecified atom stereocenters. The fourth-order valence-electron chi connectivity index (χ4n) is 2.88. The summed E-state index contributed by atoms with van der Waals surface area (Å²) in [6.45, 7) is 3.78. The van der Waals surface area contributed by atoms with Crippen molar-refractivity contribution in [3.05, 3.63) is 53.6 Å². The van der Waals surface area contributed by atoms with Crippen LogP contribution in [0, 0.1) is 13.8 Å². The van der Waals surface area contributed by atoms with Gasteiger partial charge in [0.25, 0.3) is 0 Å². The van der Waals surface area contributed by atoms with Gasteiger partial charge in [-0.2, -0.15) is 0 Å². The molecule has 3 aromatic rings. The van der Waals surface area contributed by atoms with Crippen molar-refractivity contribution in [3.8, 4) is 0 Å². The fraction of sp³-hybridized carbons (Fsp3) is 0.222. The number of carbonyl (C=O) groups excluding carboxylic acids is 1. The van der Waals surface area contributed by atoms with Gasteiger partial charge in [-0.25, -0.2) is 13.4 Å². The van der Waals surface area contributed by atoms with Crippen molar-refractivity contribution in [2.75, 3.05) is 11.6 Å². The Bertz CT molecular complexity index is 1050. The van der Waals surface area contributed by atoms with E-state index in [1.807, 2.05) is 32.0 Å². The first-order valence-electron chi connectivity index (χ1n) is 7.77. The van der Waals surface area contributed by atoms with Crippen LogP contribution in [0.25, 0.3) is 11.0 Å². The van der Waals surface area contributed by atoms with E-state index in [9.17, 15) is 13.2 Å². The SMILES string of the molecule is Cc1cc(C)cc(NC(=O)Cn2c(S(C)(=O)=O)nc3ccccc32)c1. The predicted molar refractivity (Wildman–Crippen MR) is 97.4 cm³/mol. The highest BCUT2D eigenvalue weighted by Gasteiger charge is 2.21. The second-order valence-electron chi connectivity index (χ2n) is 6.17. The van der Waals surface area contributed by atoms with E-state index < -0.39 is 9.84 Å². The zero-order valence-corrected chi connectivity index (χ0v) is 15.1. The molecule has 6 nitrogen and oxygen atoms in total. The molecule has 130 valence electrons. The predicted octanol–water partition coefficient (Wildman–Crippen LogP) is 2.70. The molecule has 0 aliphatic rings. The minimum Gasteiger partial charge on any atom is -0.325 e. The molecule has 0 radical (unpaired) electrons. The number of hydrogen-bond acceptors (Lipinski definition) is 4. The summed E-state index contributed by atoms with van der Waals surface area (Å²) in [4.78, 5) is 16.6. The van der Waals surface area contributed by atoms with Crippen LogP contribution in [0.5, 0.6) is 0 Å². The molecule has 1 amide bonds. The molecule has 0 fully saturated rings. The number of aromatic nitrogens is 2. The minimum absolute atomic E-state index is 0.107. The van der Waals surface area contributed by atoms with Crippen molar-refractivity contribution in [1.82, 2.24) is 9.55 Å². The molecule has 2 aromatic carbocycles. The molecule has 25 heavy (non-hydrogen) atoms. The maximum atomic E-state index is 12.5. The third-order valence-corrected chi connectivity index (χ3v) is 4.73. The number of nitrogens with zero attached hydrogens (tertiary/aromatic N) is 2. The highest BCUT2D eigenvalue weighted by molar-refractivity contribution is 7.90. The van der Waals surface area contributed by atoms with Crippen molar-refractivity contribution in [2.24, 2.45) is 0 Å². The van der Waals surface area contributed by atoms with Crippen molar-refractivity contribution in [3.63, 3.8) is 0 Å². The lowest BCUT2D eigenvalue weighted by molar-refractivity contribution is -0.116. The van der Waals surface area contributed by atoms with Crippen LogP contribution >= 0.6 is 0 Å². The number of hydrogen-bond donors (Lipinski definition) is 1. The summed E-state index contributed by atoms with van der Waals surface area (Å²) >= 11 is 0. The standard InChI is InChI=1S/C18H19N3O3S/c1-12-8-13(2)10-14(9-12)19-17(22)11-21-16-7-5-4-6-15(16)20-18(21)25(3,23)24/h4-10H,11H2,1-3H3,(H,19,22). The molecule has 1 aromatic heterocycles. The molecular weight excluding hydrogens is 338 g/mol. The fourth-order valence-corrected chi connectivity index (χ4v) is 3.71. The Morgan fingerprint density at radius 3 is 2.40 bits per heavy atom. The number of sulfone groups is 1. The molecular formula is C18H19N3O3S. The lowest BCUT2D eigenvalue weighted by atomic mass is 10.1. The number of carbonyl (C=O) groups is 1. The number of para-hydroxylation sites is 2. The minimum atomic E-state index is -3.56. The highest BCUT2D eigenvalue weighted by Crippen LogP contribution is 2.20. The van der Waals surface area contributed by atoms with E-state index in [1.54, 1.807) is 24.3 Å². The third kappa shape index (κ3) is 3.71. The van der Waals surface area contributed by atoms with Gasteiger partial charge in [0.1, 0.15) is 6.54 Å². The van der Waals surface area contributed by atoms with Crippen LogP contribution in [0.2, 0.25) is 0 Å². The normalized spacial score (nSPS) is 11.6. The number of nitrogens with one attached hydrogen (secondary N) is 1. The topological polar surface area (TPSA) is 81.1 Å². The lowest BCUT2D eigenvalue weighted by Crippen LogP contribution is -2.21. The monoisotopic (exact) mass is 357 g/mol. The molecule has 0 aliphatic carbocycles. The largest absolute Gasteiger partial charge is 0.325 e. The van der Waals surface area contributed by atoms with Crippen LogP contribution in [0.1, 0.15) is 11.1 Å². The maximum Gasteiger partial charge on any atom is 0.244 e. The van der Waals surface area contributed by atoms with Crippen LogP contribution in [-0.4, -0.2) is 30.1 Å². The Balaban J connectivity index is 1.95. The average molecular weight is 357 g/mol. The Kier molecular flexibility index (Phi) is 4.34. The second kappa shape index (κ2) is 6.33. The summed E-state index contributed by atoms with van der Waals surface area (Å²) in [5.41, 5.74) is 3.92. The van der Waals surface area contributed by atoms with Crippen LogP contribution < -0.4 is 5.32 Å². The van der Waals surface area contributed by atoms with Gasteiger partial charge < -0.3 is 9.88 Å². The summed E-state index contributed by atoms with van der Waals surface area (Å²) < 4.78 is 25.5. The molecule has 0 atom stereocenters. The number of amides is 1. The van der Waals surface area contributed by atoms with Crippen LogP contribution in [0.15, 0.2) is 47.6 Å². The van der Waals surface area contributed by atoms with E-state index in [0.717, 1.165) is 17.4 Å². The van der Waals surface area contributed by atoms with E-state index in [1.165, 1.54) is 4.57 Å². The van der Waals surface area contributed by atoms with Gasteiger partial charge in [-0.15, -0.1) is 0 Å². The van der Waals surface area contributed by atoms with Gasteiger partial charge in [0.15, 0.2) is 0 Å². The molecule has 0 saturated heterocycles. The average Bonchev–Trinajstić information content (AvgIpc) is 2.85. The van der Waals surface area contributed by atoms with Crippen LogP contribution in [-0.2, 0) is 21.2 Å². The van der Waals surface area contributed by atoms with Gasteiger partial charge in [0.05, 0.1) is 11.0 Å². The molecule has 7 heteroatoms. The molecule has 3 rings (SSSR count). The highest BCUT2D eigenvalue weighted by atomic mass is 32.2. The number of fused-ring (bicyclic) bond motifs is 1. The van der Waals surface area contributed by atoms with E-state index in [2.05, 4.69) is 10.3 Å². The van der Waals surface area contributed by atoms with Crippen molar-refractivity contribution in [2.45, 2.75) is 25.5 Å². The van der Waals surface area contributed by atoms with Crippen LogP contribution in [0.4, 0.5) is 5.69 Å². The number of aryl methyl sites for hydroxylation is 2. The first-order valence-corrected chi connectivity index (χ1v) is 9.66. The molecule has 0 spiro atoms. The maximum absolute atomic E-state index is 12.5. The second-order valence-corrected chi connectivity index (χ2v) is 8.08. The summed E-state index contributed by atoms with van der Waals surface area (Å²) in [6.07, 6.45) is 1.09. The van der Waals surface area contributed by atoms with Crippen molar-refractivity contribution in [1.29, 1.82) is 0 Å².